The average molecular weight is 280 g/mol. The van der Waals surface area contributed by atoms with Crippen molar-refractivity contribution >= 4 is 11.8 Å². The molecule has 1 aliphatic heterocycles. The van der Waals surface area contributed by atoms with Crippen molar-refractivity contribution in [3.05, 3.63) is 0 Å². The highest BCUT2D eigenvalue weighted by Gasteiger charge is 2.45. The van der Waals surface area contributed by atoms with Gasteiger partial charge in [0.1, 0.15) is 5.60 Å². The van der Waals surface area contributed by atoms with E-state index >= 15 is 0 Å². The molecular formula is C15H24N2O3. The minimum atomic E-state index is -0.634. The Morgan fingerprint density at radius 1 is 1.40 bits per heavy atom. The maximum absolute atomic E-state index is 12.5. The van der Waals surface area contributed by atoms with Gasteiger partial charge >= 0.3 is 0 Å². The van der Waals surface area contributed by atoms with Crippen LogP contribution >= 0.6 is 0 Å². The molecule has 2 aliphatic carbocycles. The SMILES string of the molecule is CCOC1(C(=O)NC2CC(=O)N(C3CC3)C2)CCCC1. The van der Waals surface area contributed by atoms with Gasteiger partial charge in [-0.05, 0) is 45.4 Å². The predicted octanol–water partition coefficient (Wildman–Crippen LogP) is 1.22. The summed E-state index contributed by atoms with van der Waals surface area (Å²) in [5.41, 5.74) is -0.634. The molecule has 1 unspecified atom stereocenters. The second-order valence-corrected chi connectivity index (χ2v) is 6.29. The molecular weight excluding hydrogens is 256 g/mol. The van der Waals surface area contributed by atoms with Gasteiger partial charge in [-0.2, -0.15) is 0 Å². The van der Waals surface area contributed by atoms with E-state index in [1.165, 1.54) is 0 Å². The predicted molar refractivity (Wildman–Crippen MR) is 74.1 cm³/mol. The molecule has 0 aromatic rings. The first kappa shape index (κ1) is 13.9. The van der Waals surface area contributed by atoms with E-state index in [2.05, 4.69) is 5.32 Å². The van der Waals surface area contributed by atoms with Crippen LogP contribution in [-0.4, -0.2) is 47.6 Å². The Hall–Kier alpha value is -1.10. The van der Waals surface area contributed by atoms with E-state index in [1.807, 2.05) is 11.8 Å². The number of hydrogen-bond donors (Lipinski definition) is 1. The van der Waals surface area contributed by atoms with Crippen LogP contribution in [-0.2, 0) is 14.3 Å². The molecule has 2 amide bonds. The Bertz CT molecular complexity index is 400. The van der Waals surface area contributed by atoms with E-state index in [9.17, 15) is 9.59 Å². The molecule has 5 nitrogen and oxygen atoms in total. The molecule has 0 spiro atoms. The minimum absolute atomic E-state index is 0.00713. The fraction of sp³-hybridized carbons (Fsp3) is 0.867. The lowest BCUT2D eigenvalue weighted by molar-refractivity contribution is -0.146. The van der Waals surface area contributed by atoms with Gasteiger partial charge in [0.15, 0.2) is 0 Å². The van der Waals surface area contributed by atoms with Crippen molar-refractivity contribution in [3.63, 3.8) is 0 Å². The number of rotatable bonds is 5. The van der Waals surface area contributed by atoms with Crippen molar-refractivity contribution in [1.29, 1.82) is 0 Å². The van der Waals surface area contributed by atoms with Crippen LogP contribution in [0.4, 0.5) is 0 Å². The number of amides is 2. The molecule has 3 aliphatic rings. The minimum Gasteiger partial charge on any atom is -0.365 e. The third-order valence-electron chi connectivity index (χ3n) is 4.73. The Balaban J connectivity index is 1.59. The second kappa shape index (κ2) is 5.35. The topological polar surface area (TPSA) is 58.6 Å². The summed E-state index contributed by atoms with van der Waals surface area (Å²) >= 11 is 0. The maximum atomic E-state index is 12.5. The zero-order valence-corrected chi connectivity index (χ0v) is 12.2. The number of carbonyl (C=O) groups is 2. The van der Waals surface area contributed by atoms with E-state index in [0.29, 0.717) is 25.6 Å². The lowest BCUT2D eigenvalue weighted by Gasteiger charge is -2.29. The van der Waals surface area contributed by atoms with Crippen molar-refractivity contribution in [2.45, 2.75) is 69.6 Å². The van der Waals surface area contributed by atoms with Gasteiger partial charge in [-0.3, -0.25) is 9.59 Å². The van der Waals surface area contributed by atoms with Gasteiger partial charge in [-0.25, -0.2) is 0 Å². The van der Waals surface area contributed by atoms with Crippen LogP contribution in [0.3, 0.4) is 0 Å². The molecule has 3 rings (SSSR count). The number of nitrogens with zero attached hydrogens (tertiary/aromatic N) is 1. The summed E-state index contributed by atoms with van der Waals surface area (Å²) in [6, 6.07) is 0.408. The number of nitrogens with one attached hydrogen (secondary N) is 1. The molecule has 0 aromatic carbocycles. The van der Waals surface area contributed by atoms with E-state index < -0.39 is 5.60 Å². The lowest BCUT2D eigenvalue weighted by Crippen LogP contribution is -2.51. The van der Waals surface area contributed by atoms with Crippen LogP contribution in [0.25, 0.3) is 0 Å². The number of likely N-dealkylation sites (tertiary alicyclic amines) is 1. The van der Waals surface area contributed by atoms with Crippen LogP contribution < -0.4 is 5.32 Å². The Morgan fingerprint density at radius 2 is 2.10 bits per heavy atom. The van der Waals surface area contributed by atoms with Crippen LogP contribution in [0.15, 0.2) is 0 Å². The van der Waals surface area contributed by atoms with Gasteiger partial charge in [-0.15, -0.1) is 0 Å². The molecule has 0 bridgehead atoms. The van der Waals surface area contributed by atoms with Crippen molar-refractivity contribution in [2.24, 2.45) is 0 Å². The largest absolute Gasteiger partial charge is 0.365 e. The van der Waals surface area contributed by atoms with Crippen LogP contribution in [0.1, 0.15) is 51.9 Å². The highest BCUT2D eigenvalue weighted by Crippen LogP contribution is 2.34. The van der Waals surface area contributed by atoms with Crippen LogP contribution in [0, 0.1) is 0 Å². The zero-order chi connectivity index (χ0) is 14.2. The Labute approximate surface area is 120 Å². The number of carbonyl (C=O) groups excluding carboxylic acids is 2. The molecule has 5 heteroatoms. The average Bonchev–Trinajstić information content (AvgIpc) is 3.03. The first-order chi connectivity index (χ1) is 9.64. The molecule has 2 saturated carbocycles. The molecule has 0 radical (unpaired) electrons. The first-order valence-corrected chi connectivity index (χ1v) is 7.89. The van der Waals surface area contributed by atoms with Gasteiger partial charge in [0.2, 0.25) is 5.91 Å². The smallest absolute Gasteiger partial charge is 0.252 e. The maximum Gasteiger partial charge on any atom is 0.252 e. The summed E-state index contributed by atoms with van der Waals surface area (Å²) in [7, 11) is 0. The van der Waals surface area contributed by atoms with Crippen molar-refractivity contribution in [1.82, 2.24) is 10.2 Å². The monoisotopic (exact) mass is 280 g/mol. The summed E-state index contributed by atoms with van der Waals surface area (Å²) in [5.74, 6) is 0.182. The third-order valence-corrected chi connectivity index (χ3v) is 4.73. The van der Waals surface area contributed by atoms with Crippen LogP contribution in [0.2, 0.25) is 0 Å². The Morgan fingerprint density at radius 3 is 2.70 bits per heavy atom. The zero-order valence-electron chi connectivity index (χ0n) is 12.2. The fourth-order valence-electron chi connectivity index (χ4n) is 3.54. The lowest BCUT2D eigenvalue weighted by atomic mass is 10.00. The molecule has 1 heterocycles. The van der Waals surface area contributed by atoms with E-state index in [-0.39, 0.29) is 17.9 Å². The highest BCUT2D eigenvalue weighted by atomic mass is 16.5. The van der Waals surface area contributed by atoms with E-state index in [4.69, 9.17) is 4.74 Å². The molecule has 112 valence electrons. The van der Waals surface area contributed by atoms with Crippen molar-refractivity contribution in [2.75, 3.05) is 13.2 Å². The summed E-state index contributed by atoms with van der Waals surface area (Å²) in [6.07, 6.45) is 6.39. The molecule has 1 saturated heterocycles. The number of hydrogen-bond acceptors (Lipinski definition) is 3. The highest BCUT2D eigenvalue weighted by molar-refractivity contribution is 5.87. The first-order valence-electron chi connectivity index (χ1n) is 7.89. The van der Waals surface area contributed by atoms with Gasteiger partial charge in [0.25, 0.3) is 5.91 Å². The quantitative estimate of drug-likeness (QED) is 0.823. The summed E-state index contributed by atoms with van der Waals surface area (Å²) in [5, 5.41) is 3.06. The van der Waals surface area contributed by atoms with Gasteiger partial charge < -0.3 is 15.0 Å². The van der Waals surface area contributed by atoms with Crippen molar-refractivity contribution in [3.8, 4) is 0 Å². The van der Waals surface area contributed by atoms with Crippen molar-refractivity contribution < 1.29 is 14.3 Å². The molecule has 0 aromatic heterocycles. The molecule has 1 N–H and O–H groups in total. The summed E-state index contributed by atoms with van der Waals surface area (Å²) < 4.78 is 5.77. The summed E-state index contributed by atoms with van der Waals surface area (Å²) in [4.78, 5) is 26.4. The fourth-order valence-corrected chi connectivity index (χ4v) is 3.54. The van der Waals surface area contributed by atoms with Gasteiger partial charge in [0, 0.05) is 25.6 Å². The standard InChI is InChI=1S/C15H24N2O3/c1-2-20-15(7-3-4-8-15)14(19)16-11-9-13(18)17(10-11)12-5-6-12/h11-12H,2-10H2,1H3,(H,16,19). The molecule has 1 atom stereocenters. The molecule has 20 heavy (non-hydrogen) atoms. The van der Waals surface area contributed by atoms with Gasteiger partial charge in [-0.1, -0.05) is 0 Å². The normalized spacial score (nSPS) is 28.9. The van der Waals surface area contributed by atoms with E-state index in [0.717, 1.165) is 38.5 Å². The third kappa shape index (κ3) is 2.55. The summed E-state index contributed by atoms with van der Waals surface area (Å²) in [6.45, 7) is 3.17. The second-order valence-electron chi connectivity index (χ2n) is 6.29. The Kier molecular flexibility index (Phi) is 3.71. The van der Waals surface area contributed by atoms with E-state index in [1.54, 1.807) is 0 Å². The molecule has 3 fully saturated rings. The number of ether oxygens (including phenoxy) is 1. The van der Waals surface area contributed by atoms with Gasteiger partial charge in [0.05, 0.1) is 6.04 Å². The van der Waals surface area contributed by atoms with Crippen LogP contribution in [0.5, 0.6) is 0 Å².